The second-order valence-corrected chi connectivity index (χ2v) is 6.52. The summed E-state index contributed by atoms with van der Waals surface area (Å²) >= 11 is 0. The molecule has 2 aliphatic rings. The zero-order valence-electron chi connectivity index (χ0n) is 13.1. The maximum Gasteiger partial charge on any atom is 0.242 e. The molecule has 0 spiro atoms. The molecule has 0 unspecified atom stereocenters. The Kier molecular flexibility index (Phi) is 4.02. The lowest BCUT2D eigenvalue weighted by Gasteiger charge is -2.51. The molecule has 0 aromatic carbocycles. The first-order chi connectivity index (χ1) is 10.1. The molecule has 1 aromatic heterocycles. The SMILES string of the molecule is CCc1nccn1CC(=O)N1CCC[C@]2(C)NCCC[C@@H]12. The van der Waals surface area contributed by atoms with Crippen LogP contribution in [0.5, 0.6) is 0 Å². The Morgan fingerprint density at radius 3 is 3.19 bits per heavy atom. The number of piperidine rings is 2. The van der Waals surface area contributed by atoms with Gasteiger partial charge in [0.15, 0.2) is 0 Å². The Labute approximate surface area is 126 Å². The van der Waals surface area contributed by atoms with Crippen LogP contribution in [0.1, 0.15) is 45.4 Å². The lowest BCUT2D eigenvalue weighted by atomic mass is 9.78. The number of aromatic nitrogens is 2. The van der Waals surface area contributed by atoms with E-state index in [2.05, 4.69) is 29.0 Å². The van der Waals surface area contributed by atoms with Gasteiger partial charge in [0.05, 0.1) is 0 Å². The Morgan fingerprint density at radius 1 is 1.52 bits per heavy atom. The van der Waals surface area contributed by atoms with Crippen molar-refractivity contribution in [2.24, 2.45) is 0 Å². The Morgan fingerprint density at radius 2 is 2.38 bits per heavy atom. The second kappa shape index (κ2) is 5.79. The van der Waals surface area contributed by atoms with Crippen molar-refractivity contribution < 1.29 is 4.79 Å². The van der Waals surface area contributed by atoms with Crippen molar-refractivity contribution in [1.29, 1.82) is 0 Å². The summed E-state index contributed by atoms with van der Waals surface area (Å²) in [6.45, 7) is 6.76. The largest absolute Gasteiger partial charge is 0.336 e. The first kappa shape index (κ1) is 14.6. The topological polar surface area (TPSA) is 50.2 Å². The van der Waals surface area contributed by atoms with Crippen LogP contribution < -0.4 is 5.32 Å². The zero-order chi connectivity index (χ0) is 14.9. The van der Waals surface area contributed by atoms with E-state index in [1.54, 1.807) is 6.20 Å². The molecule has 0 radical (unpaired) electrons. The third-order valence-electron chi connectivity index (χ3n) is 5.13. The van der Waals surface area contributed by atoms with E-state index in [-0.39, 0.29) is 11.4 Å². The monoisotopic (exact) mass is 290 g/mol. The summed E-state index contributed by atoms with van der Waals surface area (Å²) in [5, 5.41) is 3.65. The number of hydrogen-bond acceptors (Lipinski definition) is 3. The molecule has 3 rings (SSSR count). The normalized spacial score (nSPS) is 29.2. The van der Waals surface area contributed by atoms with Gasteiger partial charge in [-0.25, -0.2) is 4.98 Å². The molecule has 5 nitrogen and oxygen atoms in total. The number of amides is 1. The maximum atomic E-state index is 12.8. The average molecular weight is 290 g/mol. The first-order valence-electron chi connectivity index (χ1n) is 8.18. The van der Waals surface area contributed by atoms with Crippen molar-refractivity contribution in [2.45, 2.75) is 64.1 Å². The van der Waals surface area contributed by atoms with Crippen LogP contribution in [0.4, 0.5) is 0 Å². The van der Waals surface area contributed by atoms with E-state index in [0.29, 0.717) is 12.6 Å². The lowest BCUT2D eigenvalue weighted by molar-refractivity contribution is -0.139. The predicted molar refractivity (Wildman–Crippen MR) is 82.0 cm³/mol. The fraction of sp³-hybridized carbons (Fsp3) is 0.750. The van der Waals surface area contributed by atoms with Crippen molar-refractivity contribution >= 4 is 5.91 Å². The first-order valence-corrected chi connectivity index (χ1v) is 8.18. The minimum Gasteiger partial charge on any atom is -0.336 e. The van der Waals surface area contributed by atoms with Gasteiger partial charge >= 0.3 is 0 Å². The summed E-state index contributed by atoms with van der Waals surface area (Å²) in [5.74, 6) is 1.23. The highest BCUT2D eigenvalue weighted by Crippen LogP contribution is 2.33. The highest BCUT2D eigenvalue weighted by atomic mass is 16.2. The highest BCUT2D eigenvalue weighted by Gasteiger charge is 2.43. The molecule has 0 saturated carbocycles. The molecule has 1 aromatic rings. The molecule has 0 bridgehead atoms. The number of nitrogens with zero attached hydrogens (tertiary/aromatic N) is 3. The van der Waals surface area contributed by atoms with E-state index in [4.69, 9.17) is 0 Å². The van der Waals surface area contributed by atoms with Gasteiger partial charge in [0.1, 0.15) is 12.4 Å². The summed E-state index contributed by atoms with van der Waals surface area (Å²) < 4.78 is 1.99. The van der Waals surface area contributed by atoms with Gasteiger partial charge in [-0.15, -0.1) is 0 Å². The summed E-state index contributed by atoms with van der Waals surface area (Å²) in [5.41, 5.74) is 0.106. The standard InChI is InChI=1S/C16H26N4O/c1-3-14-17-9-11-19(14)12-15(21)20-10-5-7-16(2)13(20)6-4-8-18-16/h9,11,13,18H,3-8,10,12H2,1-2H3/t13-,16+/m1/s1. The molecule has 2 saturated heterocycles. The van der Waals surface area contributed by atoms with Crippen LogP contribution in [0.3, 0.4) is 0 Å². The van der Waals surface area contributed by atoms with Gasteiger partial charge in [-0.3, -0.25) is 4.79 Å². The fourth-order valence-electron chi connectivity index (χ4n) is 3.97. The Bertz CT molecular complexity index is 508. The van der Waals surface area contributed by atoms with Crippen molar-refractivity contribution in [2.75, 3.05) is 13.1 Å². The second-order valence-electron chi connectivity index (χ2n) is 6.52. The van der Waals surface area contributed by atoms with Crippen molar-refractivity contribution in [3.05, 3.63) is 18.2 Å². The molecule has 116 valence electrons. The minimum atomic E-state index is 0.106. The Balaban J connectivity index is 1.74. The molecule has 2 atom stereocenters. The molecule has 21 heavy (non-hydrogen) atoms. The van der Waals surface area contributed by atoms with Gasteiger partial charge in [-0.1, -0.05) is 6.92 Å². The lowest BCUT2D eigenvalue weighted by Crippen LogP contribution is -2.66. The Hall–Kier alpha value is -1.36. The van der Waals surface area contributed by atoms with Gasteiger partial charge < -0.3 is 14.8 Å². The summed E-state index contributed by atoms with van der Waals surface area (Å²) in [6.07, 6.45) is 9.12. The van der Waals surface area contributed by atoms with Crippen molar-refractivity contribution in [3.63, 3.8) is 0 Å². The van der Waals surface area contributed by atoms with Gasteiger partial charge in [-0.2, -0.15) is 0 Å². The zero-order valence-corrected chi connectivity index (χ0v) is 13.1. The number of likely N-dealkylation sites (tertiary alicyclic amines) is 1. The van der Waals surface area contributed by atoms with E-state index in [1.807, 2.05) is 10.8 Å². The summed E-state index contributed by atoms with van der Waals surface area (Å²) in [4.78, 5) is 19.2. The van der Waals surface area contributed by atoms with Gasteiger partial charge in [-0.05, 0) is 39.2 Å². The van der Waals surface area contributed by atoms with Crippen LogP contribution in [0.2, 0.25) is 0 Å². The van der Waals surface area contributed by atoms with E-state index in [1.165, 1.54) is 6.42 Å². The van der Waals surface area contributed by atoms with Crippen LogP contribution in [-0.2, 0) is 17.8 Å². The number of carbonyl (C=O) groups excluding carboxylic acids is 1. The summed E-state index contributed by atoms with van der Waals surface area (Å²) in [7, 11) is 0. The molecule has 2 aliphatic heterocycles. The average Bonchev–Trinajstić information content (AvgIpc) is 2.93. The maximum absolute atomic E-state index is 12.8. The third-order valence-corrected chi connectivity index (χ3v) is 5.13. The number of aryl methyl sites for hydroxylation is 1. The summed E-state index contributed by atoms with van der Waals surface area (Å²) in [6, 6.07) is 0.348. The molecular weight excluding hydrogens is 264 g/mol. The molecular formula is C16H26N4O. The number of rotatable bonds is 3. The third kappa shape index (κ3) is 2.71. The van der Waals surface area contributed by atoms with Crippen LogP contribution in [-0.4, -0.2) is 45.0 Å². The smallest absolute Gasteiger partial charge is 0.242 e. The van der Waals surface area contributed by atoms with E-state index in [0.717, 1.165) is 44.6 Å². The minimum absolute atomic E-state index is 0.106. The highest BCUT2D eigenvalue weighted by molar-refractivity contribution is 5.76. The van der Waals surface area contributed by atoms with Crippen LogP contribution in [0.25, 0.3) is 0 Å². The van der Waals surface area contributed by atoms with Gasteiger partial charge in [0.2, 0.25) is 5.91 Å². The van der Waals surface area contributed by atoms with Crippen LogP contribution in [0, 0.1) is 0 Å². The number of imidazole rings is 1. The fourth-order valence-corrected chi connectivity index (χ4v) is 3.97. The van der Waals surface area contributed by atoms with Gasteiger partial charge in [0, 0.05) is 36.9 Å². The van der Waals surface area contributed by atoms with Gasteiger partial charge in [0.25, 0.3) is 0 Å². The van der Waals surface area contributed by atoms with E-state index in [9.17, 15) is 4.79 Å². The molecule has 5 heteroatoms. The van der Waals surface area contributed by atoms with Crippen molar-refractivity contribution in [3.8, 4) is 0 Å². The number of hydrogen-bond donors (Lipinski definition) is 1. The quantitative estimate of drug-likeness (QED) is 0.919. The predicted octanol–water partition coefficient (Wildman–Crippen LogP) is 1.58. The van der Waals surface area contributed by atoms with Crippen LogP contribution >= 0.6 is 0 Å². The van der Waals surface area contributed by atoms with E-state index < -0.39 is 0 Å². The van der Waals surface area contributed by atoms with Crippen molar-refractivity contribution in [1.82, 2.24) is 19.8 Å². The number of nitrogens with one attached hydrogen (secondary N) is 1. The van der Waals surface area contributed by atoms with E-state index >= 15 is 0 Å². The molecule has 1 N–H and O–H groups in total. The molecule has 0 aliphatic carbocycles. The van der Waals surface area contributed by atoms with Crippen LogP contribution in [0.15, 0.2) is 12.4 Å². The molecule has 3 heterocycles. The number of fused-ring (bicyclic) bond motifs is 1. The molecule has 1 amide bonds. The molecule has 2 fully saturated rings. The number of carbonyl (C=O) groups is 1.